The Hall–Kier alpha value is -3.27. The van der Waals surface area contributed by atoms with Crippen LogP contribution in [0.25, 0.3) is 5.57 Å². The van der Waals surface area contributed by atoms with Crippen LogP contribution in [0.5, 0.6) is 0 Å². The largest absolute Gasteiger partial charge is 0.416 e. The minimum atomic E-state index is -4.91. The summed E-state index contributed by atoms with van der Waals surface area (Å²) in [7, 11) is 0. The standard InChI is InChI=1S/C26H22F6N2O2/c27-25(28,29)19-9-17(10-20(13-19)26(30,31)32)15-1-3-16(4-2-15)18-11-21(33-7-5-23(33)35)14-22(12-18)34-8-6-24(34)36/h1-3,9-14,16,23,35H,4-8H2. The van der Waals surface area contributed by atoms with Crippen molar-refractivity contribution in [3.8, 4) is 0 Å². The summed E-state index contributed by atoms with van der Waals surface area (Å²) in [5.41, 5.74) is -0.285. The fourth-order valence-electron chi connectivity index (χ4n) is 4.62. The number of anilines is 2. The van der Waals surface area contributed by atoms with E-state index in [2.05, 4.69) is 0 Å². The number of benzene rings is 2. The highest BCUT2D eigenvalue weighted by Crippen LogP contribution is 2.41. The van der Waals surface area contributed by atoms with E-state index in [0.717, 1.165) is 23.4 Å². The van der Waals surface area contributed by atoms with Crippen LogP contribution in [0.3, 0.4) is 0 Å². The highest BCUT2D eigenvalue weighted by Gasteiger charge is 2.37. The van der Waals surface area contributed by atoms with Crippen LogP contribution in [0.15, 0.2) is 54.6 Å². The zero-order valence-corrected chi connectivity index (χ0v) is 18.9. The Bertz CT molecular complexity index is 1230. The summed E-state index contributed by atoms with van der Waals surface area (Å²) in [6, 6.07) is 7.19. The van der Waals surface area contributed by atoms with Gasteiger partial charge in [0.1, 0.15) is 6.23 Å². The third kappa shape index (κ3) is 4.61. The highest BCUT2D eigenvalue weighted by molar-refractivity contribution is 5.99. The molecule has 2 heterocycles. The minimum absolute atomic E-state index is 0.00589. The molecule has 2 aromatic carbocycles. The van der Waals surface area contributed by atoms with Gasteiger partial charge >= 0.3 is 12.4 Å². The van der Waals surface area contributed by atoms with Gasteiger partial charge in [-0.2, -0.15) is 26.3 Å². The summed E-state index contributed by atoms with van der Waals surface area (Å²) in [4.78, 5) is 15.5. The van der Waals surface area contributed by atoms with Gasteiger partial charge in [-0.1, -0.05) is 18.2 Å². The third-order valence-corrected chi connectivity index (χ3v) is 6.86. The summed E-state index contributed by atoms with van der Waals surface area (Å²) >= 11 is 0. The molecule has 190 valence electrons. The van der Waals surface area contributed by atoms with Gasteiger partial charge in [-0.25, -0.2) is 0 Å². The molecule has 4 nitrogen and oxygen atoms in total. The number of carbonyl (C=O) groups excluding carboxylic acids is 1. The molecule has 2 aliphatic heterocycles. The van der Waals surface area contributed by atoms with Crippen LogP contribution >= 0.6 is 0 Å². The van der Waals surface area contributed by atoms with Gasteiger partial charge in [0.15, 0.2) is 0 Å². The van der Waals surface area contributed by atoms with Crippen LogP contribution in [0, 0.1) is 0 Å². The lowest BCUT2D eigenvalue weighted by atomic mass is 9.86. The molecule has 2 saturated heterocycles. The van der Waals surface area contributed by atoms with Gasteiger partial charge in [0.2, 0.25) is 5.91 Å². The quantitative estimate of drug-likeness (QED) is 0.400. The number of aliphatic hydroxyl groups is 1. The van der Waals surface area contributed by atoms with Crippen molar-refractivity contribution in [2.75, 3.05) is 22.9 Å². The van der Waals surface area contributed by atoms with E-state index in [-0.39, 0.29) is 29.0 Å². The maximum Gasteiger partial charge on any atom is 0.416 e. The number of β-lactam (4-membered cyclic amide) rings is 1. The molecule has 2 unspecified atom stereocenters. The fraction of sp³-hybridized carbons (Fsp3) is 0.346. The van der Waals surface area contributed by atoms with Crippen LogP contribution in [-0.4, -0.2) is 30.3 Å². The molecule has 2 fully saturated rings. The number of alkyl halides is 6. The van der Waals surface area contributed by atoms with E-state index in [4.69, 9.17) is 0 Å². The van der Waals surface area contributed by atoms with Crippen molar-refractivity contribution in [2.45, 2.75) is 43.8 Å². The molecule has 2 atom stereocenters. The molecule has 0 radical (unpaired) electrons. The lowest BCUT2D eigenvalue weighted by molar-refractivity contribution is -0.143. The molecule has 36 heavy (non-hydrogen) atoms. The average molecular weight is 508 g/mol. The first kappa shape index (κ1) is 24.4. The van der Waals surface area contributed by atoms with Crippen LogP contribution in [0.4, 0.5) is 37.7 Å². The topological polar surface area (TPSA) is 43.8 Å². The monoisotopic (exact) mass is 508 g/mol. The fourth-order valence-corrected chi connectivity index (χ4v) is 4.62. The SMILES string of the molecule is O=C1CCN1c1cc(C2C=CC(c3cc(C(F)(F)F)cc(C(F)(F)F)c3)=CC2)cc(N2CCC2O)c1. The van der Waals surface area contributed by atoms with Crippen molar-refractivity contribution >= 4 is 22.9 Å². The number of halogens is 6. The van der Waals surface area contributed by atoms with Crippen LogP contribution in [0.2, 0.25) is 0 Å². The second-order valence-electron chi connectivity index (χ2n) is 9.20. The van der Waals surface area contributed by atoms with Crippen molar-refractivity contribution in [1.29, 1.82) is 0 Å². The summed E-state index contributed by atoms with van der Waals surface area (Å²) in [5.74, 6) is -0.205. The van der Waals surface area contributed by atoms with Crippen molar-refractivity contribution in [2.24, 2.45) is 0 Å². The smallest absolute Gasteiger partial charge is 0.374 e. The van der Waals surface area contributed by atoms with Gasteiger partial charge < -0.3 is 14.9 Å². The lowest BCUT2D eigenvalue weighted by Crippen LogP contribution is -2.48. The first-order valence-corrected chi connectivity index (χ1v) is 11.5. The first-order chi connectivity index (χ1) is 16.9. The molecule has 1 aliphatic carbocycles. The van der Waals surface area contributed by atoms with Gasteiger partial charge in [-0.05, 0) is 59.5 Å². The van der Waals surface area contributed by atoms with Crippen LogP contribution in [-0.2, 0) is 17.1 Å². The van der Waals surface area contributed by atoms with E-state index in [9.17, 15) is 36.2 Å². The molecule has 5 rings (SSSR count). The summed E-state index contributed by atoms with van der Waals surface area (Å²) in [5, 5.41) is 10.1. The summed E-state index contributed by atoms with van der Waals surface area (Å²) in [6.45, 7) is 1.26. The van der Waals surface area contributed by atoms with Crippen molar-refractivity contribution in [1.82, 2.24) is 0 Å². The molecule has 10 heteroatoms. The molecule has 0 aromatic heterocycles. The first-order valence-electron chi connectivity index (χ1n) is 11.5. The minimum Gasteiger partial charge on any atom is -0.374 e. The van der Waals surface area contributed by atoms with Crippen molar-refractivity contribution < 1.29 is 36.2 Å². The second-order valence-corrected chi connectivity index (χ2v) is 9.20. The van der Waals surface area contributed by atoms with E-state index >= 15 is 0 Å². The molecule has 3 aliphatic rings. The molecule has 0 spiro atoms. The molecule has 1 amide bonds. The Morgan fingerprint density at radius 1 is 0.861 bits per heavy atom. The predicted octanol–water partition coefficient (Wildman–Crippen LogP) is 6.12. The number of allylic oxidation sites excluding steroid dienone is 4. The van der Waals surface area contributed by atoms with E-state index in [1.807, 2.05) is 23.1 Å². The molecule has 0 saturated carbocycles. The number of nitrogens with zero attached hydrogens (tertiary/aromatic N) is 2. The maximum absolute atomic E-state index is 13.3. The normalized spacial score (nSPS) is 22.3. The molecular formula is C26H22F6N2O2. The van der Waals surface area contributed by atoms with Crippen molar-refractivity contribution in [3.05, 3.63) is 76.9 Å². The number of carbonyl (C=O) groups is 1. The van der Waals surface area contributed by atoms with E-state index < -0.39 is 29.7 Å². The Kier molecular flexibility index (Phi) is 5.89. The second kappa shape index (κ2) is 8.69. The molecule has 2 aromatic rings. The van der Waals surface area contributed by atoms with Crippen LogP contribution < -0.4 is 9.80 Å². The van der Waals surface area contributed by atoms with Gasteiger partial charge in [0, 0.05) is 43.2 Å². The highest BCUT2D eigenvalue weighted by atomic mass is 19.4. The Labute approximate surface area is 203 Å². The van der Waals surface area contributed by atoms with Gasteiger partial charge in [0.05, 0.1) is 11.1 Å². The molecule has 0 bridgehead atoms. The predicted molar refractivity (Wildman–Crippen MR) is 122 cm³/mol. The third-order valence-electron chi connectivity index (χ3n) is 6.86. The lowest BCUT2D eigenvalue weighted by Gasteiger charge is -2.40. The van der Waals surface area contributed by atoms with Crippen LogP contribution in [0.1, 0.15) is 47.4 Å². The van der Waals surface area contributed by atoms with Gasteiger partial charge in [0.25, 0.3) is 0 Å². The number of hydrogen-bond acceptors (Lipinski definition) is 3. The molecular weight excluding hydrogens is 486 g/mol. The van der Waals surface area contributed by atoms with E-state index in [0.29, 0.717) is 38.0 Å². The Morgan fingerprint density at radius 2 is 1.53 bits per heavy atom. The van der Waals surface area contributed by atoms with E-state index in [1.54, 1.807) is 17.1 Å². The Morgan fingerprint density at radius 3 is 1.97 bits per heavy atom. The number of aliphatic hydroxyl groups excluding tert-OH is 1. The maximum atomic E-state index is 13.3. The zero-order chi connectivity index (χ0) is 25.8. The van der Waals surface area contributed by atoms with E-state index in [1.165, 1.54) is 6.08 Å². The summed E-state index contributed by atoms with van der Waals surface area (Å²) < 4.78 is 79.6. The number of rotatable bonds is 4. The zero-order valence-electron chi connectivity index (χ0n) is 18.9. The number of amides is 1. The average Bonchev–Trinajstić information content (AvgIpc) is 2.80. The van der Waals surface area contributed by atoms with Crippen molar-refractivity contribution in [3.63, 3.8) is 0 Å². The summed E-state index contributed by atoms with van der Waals surface area (Å²) in [6.07, 6.45) is -4.10. The number of hydrogen-bond donors (Lipinski definition) is 1. The molecule has 1 N–H and O–H groups in total. The Balaban J connectivity index is 1.45. The van der Waals surface area contributed by atoms with Gasteiger partial charge in [-0.15, -0.1) is 0 Å². The van der Waals surface area contributed by atoms with Gasteiger partial charge in [-0.3, -0.25) is 4.79 Å².